The first-order valence-electron chi connectivity index (χ1n) is 7.72. The molecule has 1 aromatic carbocycles. The van der Waals surface area contributed by atoms with E-state index in [0.717, 1.165) is 11.8 Å². The molecule has 18 heavy (non-hydrogen) atoms. The Kier molecular flexibility index (Phi) is 3.99. The number of hydrogen-bond acceptors (Lipinski definition) is 1. The first-order chi connectivity index (χ1) is 8.93. The maximum Gasteiger partial charge on any atom is 0.0348 e. The minimum atomic E-state index is 0.619. The molecule has 1 nitrogen and oxygen atoms in total. The van der Waals surface area contributed by atoms with Gasteiger partial charge in [-0.1, -0.05) is 49.6 Å². The zero-order valence-electron chi connectivity index (χ0n) is 11.3. The third kappa shape index (κ3) is 3.14. The molecule has 0 aliphatic heterocycles. The molecular formula is C17H25N. The van der Waals surface area contributed by atoms with Gasteiger partial charge in [-0.2, -0.15) is 0 Å². The van der Waals surface area contributed by atoms with Crippen LogP contribution in [-0.4, -0.2) is 6.54 Å². The summed E-state index contributed by atoms with van der Waals surface area (Å²) in [6.45, 7) is 1.23. The standard InChI is InChI=1S/C17H25N/c1-3-7-14(8-4-1)13-18-17(16-11-12-16)15-9-5-2-6-10-15/h2,5-6,9-10,14,16-18H,1,3-4,7-8,11-13H2. The molecule has 0 amide bonds. The van der Waals surface area contributed by atoms with Gasteiger partial charge in [0.1, 0.15) is 0 Å². The molecule has 0 spiro atoms. The molecule has 2 saturated carbocycles. The quantitative estimate of drug-likeness (QED) is 0.812. The molecule has 1 N–H and O–H groups in total. The molecule has 0 saturated heterocycles. The molecular weight excluding hydrogens is 218 g/mol. The summed E-state index contributed by atoms with van der Waals surface area (Å²) in [6, 6.07) is 11.7. The van der Waals surface area contributed by atoms with E-state index in [1.165, 1.54) is 57.1 Å². The van der Waals surface area contributed by atoms with Crippen LogP contribution in [0.1, 0.15) is 56.6 Å². The van der Waals surface area contributed by atoms with E-state index in [2.05, 4.69) is 35.6 Å². The summed E-state index contributed by atoms with van der Waals surface area (Å²) in [5.74, 6) is 1.83. The zero-order valence-corrected chi connectivity index (χ0v) is 11.3. The monoisotopic (exact) mass is 243 g/mol. The van der Waals surface area contributed by atoms with E-state index in [0.29, 0.717) is 6.04 Å². The Hall–Kier alpha value is -0.820. The summed E-state index contributed by atoms with van der Waals surface area (Å²) in [5, 5.41) is 3.87. The van der Waals surface area contributed by atoms with E-state index in [1.54, 1.807) is 0 Å². The minimum Gasteiger partial charge on any atom is -0.309 e. The Morgan fingerprint density at radius 1 is 0.944 bits per heavy atom. The predicted molar refractivity (Wildman–Crippen MR) is 76.5 cm³/mol. The van der Waals surface area contributed by atoms with Crippen LogP contribution in [0.25, 0.3) is 0 Å². The molecule has 0 bridgehead atoms. The second-order valence-electron chi connectivity index (χ2n) is 6.14. The van der Waals surface area contributed by atoms with Gasteiger partial charge in [0.2, 0.25) is 0 Å². The van der Waals surface area contributed by atoms with Gasteiger partial charge >= 0.3 is 0 Å². The first-order valence-corrected chi connectivity index (χ1v) is 7.72. The normalized spacial score (nSPS) is 22.9. The smallest absolute Gasteiger partial charge is 0.0348 e. The number of hydrogen-bond donors (Lipinski definition) is 1. The third-order valence-electron chi connectivity index (χ3n) is 4.60. The van der Waals surface area contributed by atoms with E-state index in [1.807, 2.05) is 0 Å². The lowest BCUT2D eigenvalue weighted by atomic mass is 9.89. The average Bonchev–Trinajstić information content (AvgIpc) is 3.26. The van der Waals surface area contributed by atoms with Crippen molar-refractivity contribution in [3.8, 4) is 0 Å². The van der Waals surface area contributed by atoms with Gasteiger partial charge in [-0.15, -0.1) is 0 Å². The largest absolute Gasteiger partial charge is 0.309 e. The fourth-order valence-electron chi connectivity index (χ4n) is 3.33. The van der Waals surface area contributed by atoms with Crippen molar-refractivity contribution in [1.82, 2.24) is 5.32 Å². The molecule has 3 rings (SSSR count). The summed E-state index contributed by atoms with van der Waals surface area (Å²) in [6.07, 6.45) is 10.1. The SMILES string of the molecule is c1ccc(C(NCC2CCCCC2)C2CC2)cc1. The van der Waals surface area contributed by atoms with Crippen LogP contribution >= 0.6 is 0 Å². The average molecular weight is 243 g/mol. The summed E-state index contributed by atoms with van der Waals surface area (Å²) >= 11 is 0. The van der Waals surface area contributed by atoms with Crippen molar-refractivity contribution in [3.63, 3.8) is 0 Å². The molecule has 2 fully saturated rings. The van der Waals surface area contributed by atoms with Crippen LogP contribution < -0.4 is 5.32 Å². The Morgan fingerprint density at radius 2 is 1.67 bits per heavy atom. The number of benzene rings is 1. The molecule has 2 aliphatic rings. The highest BCUT2D eigenvalue weighted by molar-refractivity contribution is 5.21. The summed E-state index contributed by atoms with van der Waals surface area (Å²) in [7, 11) is 0. The summed E-state index contributed by atoms with van der Waals surface area (Å²) < 4.78 is 0. The highest BCUT2D eigenvalue weighted by Gasteiger charge is 2.32. The summed E-state index contributed by atoms with van der Waals surface area (Å²) in [4.78, 5) is 0. The lowest BCUT2D eigenvalue weighted by molar-refractivity contribution is 0.320. The molecule has 0 heterocycles. The number of rotatable bonds is 5. The van der Waals surface area contributed by atoms with Gasteiger partial charge in [0.05, 0.1) is 0 Å². The number of nitrogens with one attached hydrogen (secondary N) is 1. The zero-order chi connectivity index (χ0) is 12.2. The van der Waals surface area contributed by atoms with Gasteiger partial charge in [0, 0.05) is 6.04 Å². The topological polar surface area (TPSA) is 12.0 Å². The summed E-state index contributed by atoms with van der Waals surface area (Å²) in [5.41, 5.74) is 1.50. The molecule has 0 radical (unpaired) electrons. The van der Waals surface area contributed by atoms with Crippen LogP contribution in [0.15, 0.2) is 30.3 Å². The molecule has 98 valence electrons. The van der Waals surface area contributed by atoms with Crippen LogP contribution in [-0.2, 0) is 0 Å². The van der Waals surface area contributed by atoms with Gasteiger partial charge in [0.25, 0.3) is 0 Å². The highest BCUT2D eigenvalue weighted by Crippen LogP contribution is 2.41. The van der Waals surface area contributed by atoms with Crippen molar-refractivity contribution >= 4 is 0 Å². The van der Waals surface area contributed by atoms with Gasteiger partial charge in [0.15, 0.2) is 0 Å². The van der Waals surface area contributed by atoms with Crippen LogP contribution in [0.2, 0.25) is 0 Å². The molecule has 1 heteroatoms. The van der Waals surface area contributed by atoms with Crippen molar-refractivity contribution in [2.45, 2.75) is 51.0 Å². The Labute approximate surface area is 111 Å². The molecule has 1 atom stereocenters. The predicted octanol–water partition coefficient (Wildman–Crippen LogP) is 4.31. The van der Waals surface area contributed by atoms with Crippen LogP contribution in [0.5, 0.6) is 0 Å². The molecule has 2 aliphatic carbocycles. The fraction of sp³-hybridized carbons (Fsp3) is 0.647. The van der Waals surface area contributed by atoms with Crippen molar-refractivity contribution < 1.29 is 0 Å². The van der Waals surface area contributed by atoms with E-state index < -0.39 is 0 Å². The van der Waals surface area contributed by atoms with Crippen LogP contribution in [0.4, 0.5) is 0 Å². The molecule has 1 unspecified atom stereocenters. The van der Waals surface area contributed by atoms with Gasteiger partial charge in [-0.3, -0.25) is 0 Å². The molecule has 1 aromatic rings. The van der Waals surface area contributed by atoms with E-state index in [-0.39, 0.29) is 0 Å². The Balaban J connectivity index is 1.57. The lowest BCUT2D eigenvalue weighted by Gasteiger charge is -2.26. The van der Waals surface area contributed by atoms with Gasteiger partial charge in [-0.05, 0) is 49.6 Å². The van der Waals surface area contributed by atoms with Crippen LogP contribution in [0, 0.1) is 11.8 Å². The van der Waals surface area contributed by atoms with Crippen molar-refractivity contribution in [2.24, 2.45) is 11.8 Å². The maximum atomic E-state index is 3.87. The second-order valence-corrected chi connectivity index (χ2v) is 6.14. The van der Waals surface area contributed by atoms with Crippen LogP contribution in [0.3, 0.4) is 0 Å². The van der Waals surface area contributed by atoms with Gasteiger partial charge < -0.3 is 5.32 Å². The van der Waals surface area contributed by atoms with E-state index >= 15 is 0 Å². The first kappa shape index (κ1) is 12.2. The molecule has 0 aromatic heterocycles. The Morgan fingerprint density at radius 3 is 2.33 bits per heavy atom. The maximum absolute atomic E-state index is 3.87. The van der Waals surface area contributed by atoms with E-state index in [4.69, 9.17) is 0 Å². The second kappa shape index (κ2) is 5.88. The van der Waals surface area contributed by atoms with E-state index in [9.17, 15) is 0 Å². The van der Waals surface area contributed by atoms with Crippen molar-refractivity contribution in [2.75, 3.05) is 6.54 Å². The van der Waals surface area contributed by atoms with Crippen molar-refractivity contribution in [3.05, 3.63) is 35.9 Å². The fourth-order valence-corrected chi connectivity index (χ4v) is 3.33. The van der Waals surface area contributed by atoms with Crippen molar-refractivity contribution in [1.29, 1.82) is 0 Å². The lowest BCUT2D eigenvalue weighted by Crippen LogP contribution is -2.29. The third-order valence-corrected chi connectivity index (χ3v) is 4.60. The van der Waals surface area contributed by atoms with Gasteiger partial charge in [-0.25, -0.2) is 0 Å². The minimum absolute atomic E-state index is 0.619. The Bertz CT molecular complexity index is 349. The highest BCUT2D eigenvalue weighted by atomic mass is 14.9.